The number of phenolic OH excluding ortho intramolecular Hbond substituents is 2. The van der Waals surface area contributed by atoms with Crippen molar-refractivity contribution in [2.45, 2.75) is 110 Å². The van der Waals surface area contributed by atoms with Crippen LogP contribution in [0.5, 0.6) is 11.5 Å². The van der Waals surface area contributed by atoms with Crippen LogP contribution < -0.4 is 0 Å². The highest BCUT2D eigenvalue weighted by atomic mass is 16.5. The lowest BCUT2D eigenvalue weighted by Crippen LogP contribution is -2.29. The van der Waals surface area contributed by atoms with Crippen molar-refractivity contribution in [3.63, 3.8) is 0 Å². The van der Waals surface area contributed by atoms with Crippen LogP contribution in [-0.2, 0) is 9.53 Å². The average Bonchev–Trinajstić information content (AvgIpc) is 2.81. The first-order valence-electron chi connectivity index (χ1n) is 13.0. The molecule has 1 aliphatic rings. The number of unbranched alkanes of at least 4 members (excludes halogenated alkanes) is 10. The Balaban J connectivity index is 2.10. The largest absolute Gasteiger partial charge is 0.507 e. The van der Waals surface area contributed by atoms with Gasteiger partial charge in [0, 0.05) is 12.0 Å². The second-order valence-electron chi connectivity index (χ2n) is 9.20. The Hall–Kier alpha value is -2.63. The van der Waals surface area contributed by atoms with Crippen LogP contribution in [0.25, 0.3) is 0 Å². The molecular formula is C28H40O6. The van der Waals surface area contributed by atoms with Crippen LogP contribution in [0.1, 0.15) is 124 Å². The lowest BCUT2D eigenvalue weighted by molar-refractivity contribution is -0.147. The Morgan fingerprint density at radius 2 is 1.32 bits per heavy atom. The molecule has 1 atom stereocenters. The number of hydrogen-bond donors (Lipinski definition) is 2. The summed E-state index contributed by atoms with van der Waals surface area (Å²) in [6.45, 7) is 4.31. The van der Waals surface area contributed by atoms with Crippen LogP contribution in [0.15, 0.2) is 23.8 Å². The van der Waals surface area contributed by atoms with Crippen molar-refractivity contribution in [3.8, 4) is 11.5 Å². The molecule has 6 nitrogen and oxygen atoms in total. The molecule has 0 aromatic heterocycles. The zero-order valence-electron chi connectivity index (χ0n) is 20.7. The molecule has 0 saturated heterocycles. The molecular weight excluding hydrogens is 432 g/mol. The van der Waals surface area contributed by atoms with Gasteiger partial charge in [0.2, 0.25) is 0 Å². The predicted octanol–water partition coefficient (Wildman–Crippen LogP) is 6.82. The summed E-state index contributed by atoms with van der Waals surface area (Å²) >= 11 is 0. The number of fused-ring (bicyclic) bond motifs is 1. The minimum atomic E-state index is -0.842. The predicted molar refractivity (Wildman–Crippen MR) is 132 cm³/mol. The van der Waals surface area contributed by atoms with E-state index in [-0.39, 0.29) is 40.6 Å². The van der Waals surface area contributed by atoms with E-state index in [9.17, 15) is 24.6 Å². The molecule has 0 amide bonds. The first-order valence-corrected chi connectivity index (χ1v) is 13.0. The quantitative estimate of drug-likeness (QED) is 0.156. The molecule has 0 bridgehead atoms. The molecule has 188 valence electrons. The van der Waals surface area contributed by atoms with Crippen LogP contribution in [0.2, 0.25) is 0 Å². The summed E-state index contributed by atoms with van der Waals surface area (Å²) in [6.07, 6.45) is 13.6. The number of benzene rings is 1. The second-order valence-corrected chi connectivity index (χ2v) is 9.20. The Bertz CT molecular complexity index is 870. The molecule has 2 rings (SSSR count). The SMILES string of the molecule is CCCCCCCCCC(OC(=O)CCCCCCC)C1=CC(=O)c2c(O)ccc(O)c2C1=O. The van der Waals surface area contributed by atoms with E-state index in [1.54, 1.807) is 0 Å². The molecule has 1 aliphatic carbocycles. The maximum absolute atomic E-state index is 13.2. The molecule has 1 unspecified atom stereocenters. The number of Topliss-reactive ketones (excluding diaryl/α,β-unsaturated/α-hetero) is 1. The molecule has 6 heteroatoms. The number of carbonyl (C=O) groups excluding carboxylic acids is 3. The number of hydrogen-bond acceptors (Lipinski definition) is 6. The highest BCUT2D eigenvalue weighted by Crippen LogP contribution is 2.36. The van der Waals surface area contributed by atoms with E-state index in [1.165, 1.54) is 31.4 Å². The van der Waals surface area contributed by atoms with Crippen molar-refractivity contribution in [3.05, 3.63) is 34.9 Å². The highest BCUT2D eigenvalue weighted by molar-refractivity contribution is 6.27. The molecule has 1 aromatic carbocycles. The standard InChI is InChI=1S/C28H40O6/c1-3-5-7-9-10-12-13-15-24(34-25(32)16-14-11-8-6-4-2)20-19-23(31)26-21(29)17-18-22(30)27(26)28(20)33/h17-19,24,29-30H,3-16H2,1-2H3. The molecule has 0 radical (unpaired) electrons. The summed E-state index contributed by atoms with van der Waals surface area (Å²) in [5.41, 5.74) is -0.350. The molecule has 0 spiro atoms. The van der Waals surface area contributed by atoms with Crippen molar-refractivity contribution in [1.82, 2.24) is 0 Å². The molecule has 0 fully saturated rings. The Morgan fingerprint density at radius 3 is 1.94 bits per heavy atom. The first kappa shape index (κ1) is 27.6. The lowest BCUT2D eigenvalue weighted by atomic mass is 9.84. The molecule has 0 saturated carbocycles. The Morgan fingerprint density at radius 1 is 0.794 bits per heavy atom. The molecule has 0 heterocycles. The third kappa shape index (κ3) is 8.00. The van der Waals surface area contributed by atoms with Gasteiger partial charge in [0.05, 0.1) is 11.1 Å². The minimum Gasteiger partial charge on any atom is -0.507 e. The monoisotopic (exact) mass is 472 g/mol. The molecule has 2 N–H and O–H groups in total. The van der Waals surface area contributed by atoms with Crippen LogP contribution in [0.4, 0.5) is 0 Å². The number of ketones is 2. The summed E-state index contributed by atoms with van der Waals surface area (Å²) in [7, 11) is 0. The Labute approximate surface area is 203 Å². The molecule has 1 aromatic rings. The number of ether oxygens (including phenoxy) is 1. The van der Waals surface area contributed by atoms with Crippen LogP contribution in [-0.4, -0.2) is 33.9 Å². The number of esters is 1. The normalized spacial score (nSPS) is 14.0. The van der Waals surface area contributed by atoms with Gasteiger partial charge in [0.25, 0.3) is 0 Å². The van der Waals surface area contributed by atoms with Crippen molar-refractivity contribution in [2.24, 2.45) is 0 Å². The summed E-state index contributed by atoms with van der Waals surface area (Å²) < 4.78 is 5.72. The summed E-state index contributed by atoms with van der Waals surface area (Å²) in [6, 6.07) is 2.38. The first-order chi connectivity index (χ1) is 16.4. The maximum atomic E-state index is 13.2. The van der Waals surface area contributed by atoms with E-state index in [1.807, 2.05) is 0 Å². The van der Waals surface area contributed by atoms with Gasteiger partial charge in [-0.1, -0.05) is 78.1 Å². The topological polar surface area (TPSA) is 101 Å². The zero-order chi connectivity index (χ0) is 24.9. The van der Waals surface area contributed by atoms with Crippen molar-refractivity contribution in [1.29, 1.82) is 0 Å². The van der Waals surface area contributed by atoms with E-state index in [4.69, 9.17) is 4.74 Å². The van der Waals surface area contributed by atoms with Gasteiger partial charge >= 0.3 is 5.97 Å². The van der Waals surface area contributed by atoms with Gasteiger partial charge in [-0.3, -0.25) is 14.4 Å². The minimum absolute atomic E-state index is 0.0729. The fraction of sp³-hybridized carbons (Fsp3) is 0.607. The Kier molecular flexibility index (Phi) is 11.9. The lowest BCUT2D eigenvalue weighted by Gasteiger charge is -2.24. The van der Waals surface area contributed by atoms with E-state index in [0.29, 0.717) is 6.42 Å². The average molecular weight is 473 g/mol. The summed E-state index contributed by atoms with van der Waals surface area (Å²) in [4.78, 5) is 38.5. The van der Waals surface area contributed by atoms with Crippen molar-refractivity contribution in [2.75, 3.05) is 0 Å². The van der Waals surface area contributed by atoms with Gasteiger partial charge in [-0.15, -0.1) is 0 Å². The fourth-order valence-corrected chi connectivity index (χ4v) is 4.38. The van der Waals surface area contributed by atoms with Gasteiger partial charge in [-0.2, -0.15) is 0 Å². The van der Waals surface area contributed by atoms with Gasteiger partial charge in [0.1, 0.15) is 17.6 Å². The summed E-state index contributed by atoms with van der Waals surface area (Å²) in [5.74, 6) is -2.25. The van der Waals surface area contributed by atoms with E-state index < -0.39 is 17.7 Å². The fourth-order valence-electron chi connectivity index (χ4n) is 4.38. The molecule has 0 aliphatic heterocycles. The molecule has 34 heavy (non-hydrogen) atoms. The summed E-state index contributed by atoms with van der Waals surface area (Å²) in [5, 5.41) is 20.3. The number of aromatic hydroxyl groups is 2. The third-order valence-electron chi connectivity index (χ3n) is 6.36. The van der Waals surface area contributed by atoms with E-state index in [0.717, 1.165) is 63.9 Å². The van der Waals surface area contributed by atoms with Crippen molar-refractivity contribution < 1.29 is 29.3 Å². The highest BCUT2D eigenvalue weighted by Gasteiger charge is 2.35. The smallest absolute Gasteiger partial charge is 0.306 e. The van der Waals surface area contributed by atoms with E-state index >= 15 is 0 Å². The second kappa shape index (κ2) is 14.6. The van der Waals surface area contributed by atoms with Gasteiger partial charge in [-0.25, -0.2) is 0 Å². The maximum Gasteiger partial charge on any atom is 0.306 e. The van der Waals surface area contributed by atoms with Gasteiger partial charge < -0.3 is 14.9 Å². The number of rotatable bonds is 16. The van der Waals surface area contributed by atoms with Crippen LogP contribution in [0.3, 0.4) is 0 Å². The number of allylic oxidation sites excluding steroid dienone is 1. The third-order valence-corrected chi connectivity index (χ3v) is 6.36. The number of carbonyl (C=O) groups is 3. The van der Waals surface area contributed by atoms with E-state index in [2.05, 4.69) is 13.8 Å². The zero-order valence-corrected chi connectivity index (χ0v) is 20.7. The van der Waals surface area contributed by atoms with Crippen molar-refractivity contribution >= 4 is 17.5 Å². The van der Waals surface area contributed by atoms with Gasteiger partial charge in [0.15, 0.2) is 11.6 Å². The van der Waals surface area contributed by atoms with Crippen LogP contribution in [0, 0.1) is 0 Å². The van der Waals surface area contributed by atoms with Crippen LogP contribution >= 0.6 is 0 Å². The number of phenols is 2. The van der Waals surface area contributed by atoms with Gasteiger partial charge in [-0.05, 0) is 37.5 Å².